The topological polar surface area (TPSA) is 132 Å². The Bertz CT molecular complexity index is 2010. The molecule has 2 aliphatic heterocycles. The minimum absolute atomic E-state index is 0.352. The number of benzene rings is 2. The largest absolute Gasteiger partial charge is 0.494 e. The standard InChI is InChI=1S/C37H48N10O3S/c1-6-25-22-31(33(50-5)23-32(25)47-16-12-27(13-17-47)46-20-18-44(3)19-21-46)42-37-40-24-26(7-2)36(43-37)41-30-11-10-29-34(39-15-14-38-29)35(30)45(4)51(48,49)28-8-9-28/h7,10-11,14-15,22-24,27-28H,2,6,8-9,12-13,16-21H2,1,3-5H3,(H2,40,41,42,43). The van der Waals surface area contributed by atoms with Gasteiger partial charge < -0.3 is 25.2 Å². The Morgan fingerprint density at radius 2 is 1.73 bits per heavy atom. The molecular weight excluding hydrogens is 665 g/mol. The number of piperazine rings is 1. The van der Waals surface area contributed by atoms with Crippen molar-refractivity contribution in [2.24, 2.45) is 0 Å². The highest BCUT2D eigenvalue weighted by Crippen LogP contribution is 2.41. The van der Waals surface area contributed by atoms with Crippen LogP contribution in [-0.4, -0.2) is 110 Å². The quantitative estimate of drug-likeness (QED) is 0.199. The van der Waals surface area contributed by atoms with E-state index >= 15 is 0 Å². The zero-order chi connectivity index (χ0) is 35.7. The van der Waals surface area contributed by atoms with Gasteiger partial charge in [-0.3, -0.25) is 19.2 Å². The number of ether oxygens (including phenoxy) is 1. The number of sulfonamides is 1. The Balaban J connectivity index is 1.15. The summed E-state index contributed by atoms with van der Waals surface area (Å²) in [6.07, 6.45) is 11.0. The minimum Gasteiger partial charge on any atom is -0.494 e. The maximum atomic E-state index is 13.4. The van der Waals surface area contributed by atoms with Gasteiger partial charge in [-0.25, -0.2) is 13.4 Å². The molecule has 0 radical (unpaired) electrons. The molecule has 0 unspecified atom stereocenters. The van der Waals surface area contributed by atoms with Gasteiger partial charge in [0.15, 0.2) is 0 Å². The van der Waals surface area contributed by atoms with Crippen molar-refractivity contribution < 1.29 is 13.2 Å². The van der Waals surface area contributed by atoms with Gasteiger partial charge >= 0.3 is 0 Å². The number of hydrogen-bond acceptors (Lipinski definition) is 12. The van der Waals surface area contributed by atoms with Crippen LogP contribution in [0, 0.1) is 0 Å². The molecule has 1 aliphatic carbocycles. The number of rotatable bonds is 12. The van der Waals surface area contributed by atoms with Crippen LogP contribution in [0.3, 0.4) is 0 Å². The van der Waals surface area contributed by atoms with Crippen LogP contribution in [0.5, 0.6) is 5.75 Å². The van der Waals surface area contributed by atoms with E-state index in [2.05, 4.69) is 73.0 Å². The summed E-state index contributed by atoms with van der Waals surface area (Å²) in [6.45, 7) is 12.8. The first kappa shape index (κ1) is 34.9. The van der Waals surface area contributed by atoms with E-state index in [1.54, 1.807) is 44.9 Å². The van der Waals surface area contributed by atoms with Crippen LogP contribution in [0.1, 0.15) is 43.7 Å². The summed E-state index contributed by atoms with van der Waals surface area (Å²) in [5, 5.41) is 6.37. The first-order valence-corrected chi connectivity index (χ1v) is 19.3. The van der Waals surface area contributed by atoms with Crippen LogP contribution in [0.25, 0.3) is 17.1 Å². The van der Waals surface area contributed by atoms with Crippen molar-refractivity contribution in [1.29, 1.82) is 0 Å². The smallest absolute Gasteiger partial charge is 0.237 e. The molecule has 2 saturated heterocycles. The van der Waals surface area contributed by atoms with Gasteiger partial charge in [-0.2, -0.15) is 4.98 Å². The summed E-state index contributed by atoms with van der Waals surface area (Å²) in [5.74, 6) is 1.51. The Kier molecular flexibility index (Phi) is 9.99. The highest BCUT2D eigenvalue weighted by Gasteiger charge is 2.40. The van der Waals surface area contributed by atoms with Gasteiger partial charge in [0.1, 0.15) is 22.8 Å². The number of nitrogens with zero attached hydrogens (tertiary/aromatic N) is 8. The lowest BCUT2D eigenvalue weighted by molar-refractivity contribution is 0.0982. The van der Waals surface area contributed by atoms with E-state index in [0.717, 1.165) is 64.2 Å². The molecule has 270 valence electrons. The molecule has 2 aromatic carbocycles. The Hall–Kier alpha value is -4.53. The van der Waals surface area contributed by atoms with Gasteiger partial charge in [0.25, 0.3) is 0 Å². The van der Waals surface area contributed by atoms with Gasteiger partial charge in [0.05, 0.1) is 29.3 Å². The fourth-order valence-corrected chi connectivity index (χ4v) is 8.84. The molecule has 0 atom stereocenters. The summed E-state index contributed by atoms with van der Waals surface area (Å²) >= 11 is 0. The fourth-order valence-electron chi connectivity index (χ4n) is 7.22. The number of likely N-dealkylation sites (N-methyl/N-ethyl adjacent to an activating group) is 1. The molecule has 2 N–H and O–H groups in total. The molecule has 51 heavy (non-hydrogen) atoms. The molecule has 0 spiro atoms. The summed E-state index contributed by atoms with van der Waals surface area (Å²) < 4.78 is 34.1. The van der Waals surface area contributed by atoms with Gasteiger partial charge in [-0.15, -0.1) is 0 Å². The molecule has 2 aromatic heterocycles. The van der Waals surface area contributed by atoms with Crippen molar-refractivity contribution in [2.75, 3.05) is 80.3 Å². The molecule has 13 nitrogen and oxygen atoms in total. The first-order valence-electron chi connectivity index (χ1n) is 17.8. The van der Waals surface area contributed by atoms with Crippen LogP contribution in [0.2, 0.25) is 0 Å². The minimum atomic E-state index is -3.59. The van der Waals surface area contributed by atoms with E-state index in [4.69, 9.17) is 9.72 Å². The highest BCUT2D eigenvalue weighted by molar-refractivity contribution is 7.93. The second kappa shape index (κ2) is 14.6. The lowest BCUT2D eigenvalue weighted by Crippen LogP contribution is -2.52. The van der Waals surface area contributed by atoms with E-state index in [0.29, 0.717) is 64.4 Å². The average molecular weight is 713 g/mol. The molecular formula is C37H48N10O3S. The zero-order valence-corrected chi connectivity index (χ0v) is 30.8. The third-order valence-corrected chi connectivity index (χ3v) is 12.7. The van der Waals surface area contributed by atoms with Crippen LogP contribution in [0.4, 0.5) is 34.5 Å². The van der Waals surface area contributed by atoms with Crippen molar-refractivity contribution in [3.05, 3.63) is 60.6 Å². The number of nitrogens with one attached hydrogen (secondary N) is 2. The fraction of sp³-hybridized carbons (Fsp3) is 0.459. The maximum Gasteiger partial charge on any atom is 0.237 e. The van der Waals surface area contributed by atoms with Crippen LogP contribution in [0.15, 0.2) is 49.4 Å². The molecule has 3 fully saturated rings. The van der Waals surface area contributed by atoms with E-state index in [1.807, 2.05) is 6.07 Å². The number of methoxy groups -OCH3 is 1. The molecule has 4 aromatic rings. The molecule has 7 rings (SSSR count). The van der Waals surface area contributed by atoms with E-state index in [1.165, 1.54) is 15.6 Å². The molecule has 3 aliphatic rings. The SMILES string of the molecule is C=Cc1cnc(Nc2cc(CC)c(N3CCC(N4CCN(C)CC4)CC3)cc2OC)nc1Nc1ccc2nccnc2c1N(C)S(=O)(=O)C1CC1. The number of aromatic nitrogens is 4. The molecule has 0 amide bonds. The number of anilines is 6. The lowest BCUT2D eigenvalue weighted by Gasteiger charge is -2.43. The summed E-state index contributed by atoms with van der Waals surface area (Å²) in [7, 11) is 1.87. The summed E-state index contributed by atoms with van der Waals surface area (Å²) in [6, 6.07) is 8.52. The predicted octanol–water partition coefficient (Wildman–Crippen LogP) is 5.27. The predicted molar refractivity (Wildman–Crippen MR) is 205 cm³/mol. The van der Waals surface area contributed by atoms with Crippen LogP contribution in [-0.2, 0) is 16.4 Å². The summed E-state index contributed by atoms with van der Waals surface area (Å²) in [4.78, 5) is 26.0. The highest BCUT2D eigenvalue weighted by atomic mass is 32.2. The number of fused-ring (bicyclic) bond motifs is 1. The summed E-state index contributed by atoms with van der Waals surface area (Å²) in [5.41, 5.74) is 5.84. The van der Waals surface area contributed by atoms with Gasteiger partial charge in [0, 0.05) is 88.3 Å². The van der Waals surface area contributed by atoms with Crippen LogP contribution >= 0.6 is 0 Å². The second-order valence-corrected chi connectivity index (χ2v) is 15.9. The Morgan fingerprint density at radius 3 is 2.41 bits per heavy atom. The number of aryl methyl sites for hydroxylation is 1. The first-order chi connectivity index (χ1) is 24.7. The van der Waals surface area contributed by atoms with Gasteiger partial charge in [-0.05, 0) is 62.9 Å². The molecule has 1 saturated carbocycles. The molecule has 0 bridgehead atoms. The Morgan fingerprint density at radius 1 is 0.980 bits per heavy atom. The lowest BCUT2D eigenvalue weighted by atomic mass is 9.99. The second-order valence-electron chi connectivity index (χ2n) is 13.6. The van der Waals surface area contributed by atoms with Gasteiger partial charge in [0.2, 0.25) is 16.0 Å². The number of piperidine rings is 1. The van der Waals surface area contributed by atoms with E-state index in [9.17, 15) is 8.42 Å². The normalized spacial score (nSPS) is 17.8. The van der Waals surface area contributed by atoms with Crippen molar-refractivity contribution in [3.8, 4) is 5.75 Å². The monoisotopic (exact) mass is 712 g/mol. The maximum absolute atomic E-state index is 13.4. The van der Waals surface area contributed by atoms with E-state index in [-0.39, 0.29) is 0 Å². The van der Waals surface area contributed by atoms with Crippen molar-refractivity contribution in [2.45, 2.75) is 50.3 Å². The van der Waals surface area contributed by atoms with E-state index < -0.39 is 15.3 Å². The third kappa shape index (κ3) is 7.17. The number of hydrogen-bond donors (Lipinski definition) is 2. The Labute approximate surface area is 300 Å². The average Bonchev–Trinajstić information content (AvgIpc) is 4.02. The van der Waals surface area contributed by atoms with Crippen molar-refractivity contribution in [3.63, 3.8) is 0 Å². The van der Waals surface area contributed by atoms with Gasteiger partial charge in [-0.1, -0.05) is 19.6 Å². The molecule has 4 heterocycles. The van der Waals surface area contributed by atoms with Crippen molar-refractivity contribution in [1.82, 2.24) is 29.7 Å². The molecule has 14 heteroatoms. The zero-order valence-electron chi connectivity index (χ0n) is 30.0. The van der Waals surface area contributed by atoms with Crippen molar-refractivity contribution >= 4 is 61.6 Å². The third-order valence-electron chi connectivity index (χ3n) is 10.4. The van der Waals surface area contributed by atoms with Crippen LogP contribution < -0.4 is 24.6 Å².